The number of carbonyl (C=O) groups is 2. The van der Waals surface area contributed by atoms with Crippen molar-refractivity contribution in [2.75, 3.05) is 39.9 Å². The largest absolute Gasteiger partial charge is 0.497 e. The molecule has 1 fully saturated rings. The van der Waals surface area contributed by atoms with Crippen molar-refractivity contribution in [2.24, 2.45) is 0 Å². The van der Waals surface area contributed by atoms with Crippen LogP contribution in [-0.2, 0) is 16.0 Å². The van der Waals surface area contributed by atoms with E-state index in [4.69, 9.17) is 9.47 Å². The van der Waals surface area contributed by atoms with Gasteiger partial charge in [-0.3, -0.25) is 9.59 Å². The maximum absolute atomic E-state index is 12.5. The Labute approximate surface area is 165 Å². The SMILES string of the molecule is COc1cccc(CCC(=O)N2CCN(C(=O)COc3ccccc3)CC2)c1. The first kappa shape index (κ1) is 19.7. The Bertz CT molecular complexity index is 786. The first-order valence-corrected chi connectivity index (χ1v) is 9.52. The van der Waals surface area contributed by atoms with Gasteiger partial charge in [-0.1, -0.05) is 30.3 Å². The Kier molecular flexibility index (Phi) is 6.89. The van der Waals surface area contributed by atoms with Crippen molar-refractivity contribution in [3.63, 3.8) is 0 Å². The smallest absolute Gasteiger partial charge is 0.260 e. The van der Waals surface area contributed by atoms with Crippen LogP contribution in [0.15, 0.2) is 54.6 Å². The van der Waals surface area contributed by atoms with Gasteiger partial charge in [0.2, 0.25) is 5.91 Å². The fraction of sp³-hybridized carbons (Fsp3) is 0.364. The Balaban J connectivity index is 1.40. The summed E-state index contributed by atoms with van der Waals surface area (Å²) in [6, 6.07) is 17.1. The van der Waals surface area contributed by atoms with Gasteiger partial charge in [-0.2, -0.15) is 0 Å². The molecule has 3 rings (SSSR count). The van der Waals surface area contributed by atoms with Crippen molar-refractivity contribution in [1.29, 1.82) is 0 Å². The Morgan fingerprint density at radius 1 is 0.857 bits per heavy atom. The predicted molar refractivity (Wildman–Crippen MR) is 106 cm³/mol. The number of hydrogen-bond donors (Lipinski definition) is 0. The number of aryl methyl sites for hydroxylation is 1. The summed E-state index contributed by atoms with van der Waals surface area (Å²) in [5, 5.41) is 0. The number of benzene rings is 2. The van der Waals surface area contributed by atoms with Crippen LogP contribution in [0.5, 0.6) is 11.5 Å². The maximum Gasteiger partial charge on any atom is 0.260 e. The molecule has 28 heavy (non-hydrogen) atoms. The number of nitrogens with zero attached hydrogens (tertiary/aromatic N) is 2. The quantitative estimate of drug-likeness (QED) is 0.738. The van der Waals surface area contributed by atoms with E-state index in [1.807, 2.05) is 59.5 Å². The van der Waals surface area contributed by atoms with Crippen molar-refractivity contribution in [3.8, 4) is 11.5 Å². The minimum Gasteiger partial charge on any atom is -0.497 e. The molecule has 148 valence electrons. The molecule has 1 heterocycles. The average molecular weight is 382 g/mol. The first-order valence-electron chi connectivity index (χ1n) is 9.52. The highest BCUT2D eigenvalue weighted by atomic mass is 16.5. The molecule has 2 aromatic carbocycles. The van der Waals surface area contributed by atoms with E-state index in [1.54, 1.807) is 12.0 Å². The molecule has 0 bridgehead atoms. The Hall–Kier alpha value is -3.02. The molecule has 2 aromatic rings. The van der Waals surface area contributed by atoms with Gasteiger partial charge in [0, 0.05) is 32.6 Å². The van der Waals surface area contributed by atoms with Gasteiger partial charge in [0.25, 0.3) is 5.91 Å². The topological polar surface area (TPSA) is 59.1 Å². The fourth-order valence-electron chi connectivity index (χ4n) is 3.20. The normalized spacial score (nSPS) is 13.9. The minimum atomic E-state index is -0.0488. The van der Waals surface area contributed by atoms with E-state index >= 15 is 0 Å². The summed E-state index contributed by atoms with van der Waals surface area (Å²) in [7, 11) is 1.63. The van der Waals surface area contributed by atoms with E-state index in [0.29, 0.717) is 44.8 Å². The molecule has 0 aromatic heterocycles. The molecule has 0 atom stereocenters. The predicted octanol–water partition coefficient (Wildman–Crippen LogP) is 2.38. The van der Waals surface area contributed by atoms with Gasteiger partial charge >= 0.3 is 0 Å². The maximum atomic E-state index is 12.5. The van der Waals surface area contributed by atoms with E-state index in [1.165, 1.54) is 0 Å². The summed E-state index contributed by atoms with van der Waals surface area (Å²) in [6.07, 6.45) is 1.14. The van der Waals surface area contributed by atoms with E-state index < -0.39 is 0 Å². The molecule has 2 amide bonds. The molecule has 6 heteroatoms. The zero-order valence-corrected chi connectivity index (χ0v) is 16.2. The number of piperazine rings is 1. The number of carbonyl (C=O) groups excluding carboxylic acids is 2. The van der Waals surface area contributed by atoms with Gasteiger partial charge in [-0.05, 0) is 36.2 Å². The standard InChI is InChI=1S/C22H26N2O4/c1-27-20-9-5-6-18(16-20)10-11-21(25)23-12-14-24(15-13-23)22(26)17-28-19-7-3-2-4-8-19/h2-9,16H,10-15,17H2,1H3. The molecule has 1 saturated heterocycles. The minimum absolute atomic E-state index is 0.0216. The van der Waals surface area contributed by atoms with Crippen LogP contribution in [0.2, 0.25) is 0 Å². The summed E-state index contributed by atoms with van der Waals surface area (Å²) in [6.45, 7) is 2.24. The number of para-hydroxylation sites is 1. The molecule has 0 saturated carbocycles. The molecule has 6 nitrogen and oxygen atoms in total. The summed E-state index contributed by atoms with van der Waals surface area (Å²) < 4.78 is 10.7. The van der Waals surface area contributed by atoms with Crippen LogP contribution in [0, 0.1) is 0 Å². The number of amides is 2. The zero-order chi connectivity index (χ0) is 19.8. The van der Waals surface area contributed by atoms with E-state index in [9.17, 15) is 9.59 Å². The van der Waals surface area contributed by atoms with Crippen molar-refractivity contribution < 1.29 is 19.1 Å². The second kappa shape index (κ2) is 9.78. The zero-order valence-electron chi connectivity index (χ0n) is 16.2. The Morgan fingerprint density at radius 2 is 1.50 bits per heavy atom. The van der Waals surface area contributed by atoms with Crippen LogP contribution < -0.4 is 9.47 Å². The molecular weight excluding hydrogens is 356 g/mol. The van der Waals surface area contributed by atoms with E-state index in [2.05, 4.69) is 0 Å². The lowest BCUT2D eigenvalue weighted by atomic mass is 10.1. The lowest BCUT2D eigenvalue weighted by Gasteiger charge is -2.34. The third-order valence-corrected chi connectivity index (χ3v) is 4.85. The molecule has 1 aliphatic rings. The van der Waals surface area contributed by atoms with Crippen molar-refractivity contribution in [2.45, 2.75) is 12.8 Å². The number of ether oxygens (including phenoxy) is 2. The lowest BCUT2D eigenvalue weighted by molar-refractivity contribution is -0.140. The number of rotatable bonds is 7. The second-order valence-electron chi connectivity index (χ2n) is 6.71. The third kappa shape index (κ3) is 5.49. The molecule has 0 unspecified atom stereocenters. The van der Waals surface area contributed by atoms with Gasteiger partial charge in [0.15, 0.2) is 6.61 Å². The molecule has 0 spiro atoms. The molecule has 1 aliphatic heterocycles. The van der Waals surface area contributed by atoms with Gasteiger partial charge in [-0.15, -0.1) is 0 Å². The van der Waals surface area contributed by atoms with Gasteiger partial charge in [0.05, 0.1) is 7.11 Å². The van der Waals surface area contributed by atoms with E-state index in [0.717, 1.165) is 11.3 Å². The average Bonchev–Trinajstić information content (AvgIpc) is 2.76. The van der Waals surface area contributed by atoms with Crippen LogP contribution in [-0.4, -0.2) is 61.5 Å². The summed E-state index contributed by atoms with van der Waals surface area (Å²) >= 11 is 0. The lowest BCUT2D eigenvalue weighted by Crippen LogP contribution is -2.51. The van der Waals surface area contributed by atoms with Crippen LogP contribution in [0.3, 0.4) is 0 Å². The van der Waals surface area contributed by atoms with Crippen LogP contribution >= 0.6 is 0 Å². The second-order valence-corrected chi connectivity index (χ2v) is 6.71. The third-order valence-electron chi connectivity index (χ3n) is 4.85. The number of methoxy groups -OCH3 is 1. The van der Waals surface area contributed by atoms with Crippen LogP contribution in [0.4, 0.5) is 0 Å². The van der Waals surface area contributed by atoms with Gasteiger partial charge in [0.1, 0.15) is 11.5 Å². The molecule has 0 aliphatic carbocycles. The molecule has 0 radical (unpaired) electrons. The highest BCUT2D eigenvalue weighted by Gasteiger charge is 2.24. The van der Waals surface area contributed by atoms with Crippen LogP contribution in [0.25, 0.3) is 0 Å². The highest BCUT2D eigenvalue weighted by Crippen LogP contribution is 2.15. The van der Waals surface area contributed by atoms with Crippen molar-refractivity contribution in [3.05, 3.63) is 60.2 Å². The van der Waals surface area contributed by atoms with Gasteiger partial charge in [-0.25, -0.2) is 0 Å². The van der Waals surface area contributed by atoms with Crippen LogP contribution in [0.1, 0.15) is 12.0 Å². The summed E-state index contributed by atoms with van der Waals surface area (Å²) in [5.41, 5.74) is 1.08. The van der Waals surface area contributed by atoms with Crippen molar-refractivity contribution in [1.82, 2.24) is 9.80 Å². The number of hydrogen-bond acceptors (Lipinski definition) is 4. The summed E-state index contributed by atoms with van der Waals surface area (Å²) in [4.78, 5) is 28.4. The highest BCUT2D eigenvalue weighted by molar-refractivity contribution is 5.79. The first-order chi connectivity index (χ1) is 13.7. The van der Waals surface area contributed by atoms with Gasteiger partial charge < -0.3 is 19.3 Å². The summed E-state index contributed by atoms with van der Waals surface area (Å²) in [5.74, 6) is 1.56. The molecule has 0 N–H and O–H groups in total. The Morgan fingerprint density at radius 3 is 2.18 bits per heavy atom. The monoisotopic (exact) mass is 382 g/mol. The fourth-order valence-corrected chi connectivity index (χ4v) is 3.20. The molecular formula is C22H26N2O4. The van der Waals surface area contributed by atoms with Crippen molar-refractivity contribution >= 4 is 11.8 Å². The van der Waals surface area contributed by atoms with E-state index in [-0.39, 0.29) is 18.4 Å².